The predicted molar refractivity (Wildman–Crippen MR) is 110 cm³/mol. The van der Waals surface area contributed by atoms with Crippen molar-refractivity contribution in [2.45, 2.75) is 6.92 Å². The molecule has 0 aliphatic rings. The number of amides is 1. The van der Waals surface area contributed by atoms with E-state index in [0.717, 1.165) is 0 Å². The summed E-state index contributed by atoms with van der Waals surface area (Å²) in [5.74, 6) is 1.02. The van der Waals surface area contributed by atoms with Crippen molar-refractivity contribution >= 4 is 17.3 Å². The van der Waals surface area contributed by atoms with Gasteiger partial charge in [-0.2, -0.15) is 5.26 Å². The number of benzene rings is 3. The number of nitro groups is 1. The number of aryl methyl sites for hydroxylation is 1. The number of nitrogens with zero attached hydrogens (tertiary/aromatic N) is 2. The van der Waals surface area contributed by atoms with E-state index < -0.39 is 4.92 Å². The van der Waals surface area contributed by atoms with Crippen molar-refractivity contribution in [1.29, 1.82) is 5.26 Å². The molecular formula is C22H17N3O5. The van der Waals surface area contributed by atoms with Gasteiger partial charge in [0.1, 0.15) is 5.75 Å². The highest BCUT2D eigenvalue weighted by Gasteiger charge is 2.14. The first-order valence-corrected chi connectivity index (χ1v) is 8.83. The third kappa shape index (κ3) is 4.54. The number of carbonyl (C=O) groups excluding carboxylic acids is 1. The molecule has 0 saturated carbocycles. The normalized spacial score (nSPS) is 10.0. The first kappa shape index (κ1) is 20.4. The minimum absolute atomic E-state index is 0.0358. The third-order valence-electron chi connectivity index (χ3n) is 4.29. The molecule has 8 heteroatoms. The number of nitrogens with one attached hydrogen (secondary N) is 1. The van der Waals surface area contributed by atoms with E-state index >= 15 is 0 Å². The van der Waals surface area contributed by atoms with Gasteiger partial charge >= 0.3 is 0 Å². The van der Waals surface area contributed by atoms with E-state index in [-0.39, 0.29) is 11.6 Å². The van der Waals surface area contributed by atoms with Crippen molar-refractivity contribution in [3.05, 3.63) is 87.5 Å². The summed E-state index contributed by atoms with van der Waals surface area (Å²) in [5.41, 5.74) is 1.69. The van der Waals surface area contributed by atoms with Gasteiger partial charge in [-0.15, -0.1) is 0 Å². The van der Waals surface area contributed by atoms with Gasteiger partial charge in [0, 0.05) is 28.9 Å². The van der Waals surface area contributed by atoms with Crippen LogP contribution in [-0.2, 0) is 0 Å². The van der Waals surface area contributed by atoms with Crippen molar-refractivity contribution in [3.63, 3.8) is 0 Å². The molecule has 1 N–H and O–H groups in total. The first-order valence-electron chi connectivity index (χ1n) is 8.83. The van der Waals surface area contributed by atoms with Crippen LogP contribution < -0.4 is 14.8 Å². The van der Waals surface area contributed by atoms with Gasteiger partial charge in [-0.25, -0.2) is 0 Å². The molecule has 0 saturated heterocycles. The van der Waals surface area contributed by atoms with Gasteiger partial charge in [0.2, 0.25) is 0 Å². The molecule has 0 spiro atoms. The quantitative estimate of drug-likeness (QED) is 0.466. The predicted octanol–water partition coefficient (Wildman–Crippen LogP) is 4.83. The first-order chi connectivity index (χ1) is 14.4. The molecule has 3 rings (SSSR count). The molecule has 3 aromatic rings. The van der Waals surface area contributed by atoms with Gasteiger partial charge in [-0.3, -0.25) is 14.9 Å². The Morgan fingerprint density at radius 3 is 2.40 bits per heavy atom. The molecule has 0 bridgehead atoms. The molecule has 0 heterocycles. The lowest BCUT2D eigenvalue weighted by Crippen LogP contribution is -2.12. The molecule has 0 fully saturated rings. The summed E-state index contributed by atoms with van der Waals surface area (Å²) in [7, 11) is 1.49. The van der Waals surface area contributed by atoms with Gasteiger partial charge in [-0.05, 0) is 55.5 Å². The van der Waals surface area contributed by atoms with Crippen LogP contribution in [0.15, 0.2) is 60.7 Å². The second-order valence-electron chi connectivity index (χ2n) is 6.32. The molecule has 8 nitrogen and oxygen atoms in total. The second-order valence-corrected chi connectivity index (χ2v) is 6.32. The van der Waals surface area contributed by atoms with Crippen LogP contribution in [0.25, 0.3) is 0 Å². The lowest BCUT2D eigenvalue weighted by Gasteiger charge is -2.11. The van der Waals surface area contributed by atoms with E-state index in [2.05, 4.69) is 5.32 Å². The minimum atomic E-state index is -0.488. The maximum atomic E-state index is 12.4. The van der Waals surface area contributed by atoms with Crippen LogP contribution >= 0.6 is 0 Å². The van der Waals surface area contributed by atoms with Crippen molar-refractivity contribution in [1.82, 2.24) is 0 Å². The van der Waals surface area contributed by atoms with Gasteiger partial charge in [-0.1, -0.05) is 0 Å². The Balaban J connectivity index is 1.70. The van der Waals surface area contributed by atoms with Crippen LogP contribution in [0.4, 0.5) is 11.4 Å². The van der Waals surface area contributed by atoms with E-state index in [4.69, 9.17) is 14.7 Å². The van der Waals surface area contributed by atoms with E-state index in [1.807, 2.05) is 6.07 Å². The van der Waals surface area contributed by atoms with Crippen molar-refractivity contribution < 1.29 is 19.2 Å². The number of ether oxygens (including phenoxy) is 2. The Kier molecular flexibility index (Phi) is 5.94. The Hall–Kier alpha value is -4.38. The Labute approximate surface area is 172 Å². The van der Waals surface area contributed by atoms with Crippen molar-refractivity contribution in [2.24, 2.45) is 0 Å². The SMILES string of the molecule is COc1cc(C#N)ccc1Oc1ccc(NC(=O)c2ccc([N+](=O)[O-])c(C)c2)cc1. The summed E-state index contributed by atoms with van der Waals surface area (Å²) in [6.45, 7) is 1.58. The fourth-order valence-electron chi connectivity index (χ4n) is 2.76. The summed E-state index contributed by atoms with van der Waals surface area (Å²) in [4.78, 5) is 22.8. The molecule has 0 aromatic heterocycles. The lowest BCUT2D eigenvalue weighted by atomic mass is 10.1. The summed E-state index contributed by atoms with van der Waals surface area (Å²) < 4.78 is 11.0. The highest BCUT2D eigenvalue weighted by atomic mass is 16.6. The average Bonchev–Trinajstić information content (AvgIpc) is 2.75. The Bertz CT molecular complexity index is 1150. The van der Waals surface area contributed by atoms with E-state index in [1.54, 1.807) is 49.4 Å². The van der Waals surface area contributed by atoms with Crippen molar-refractivity contribution in [2.75, 3.05) is 12.4 Å². The van der Waals surface area contributed by atoms with Crippen LogP contribution in [0.2, 0.25) is 0 Å². The third-order valence-corrected chi connectivity index (χ3v) is 4.29. The summed E-state index contributed by atoms with van der Waals surface area (Å²) in [6, 6.07) is 17.8. The van der Waals surface area contributed by atoms with E-state index in [9.17, 15) is 14.9 Å². The monoisotopic (exact) mass is 403 g/mol. The lowest BCUT2D eigenvalue weighted by molar-refractivity contribution is -0.385. The van der Waals surface area contributed by atoms with Crippen LogP contribution in [0.3, 0.4) is 0 Å². The van der Waals surface area contributed by atoms with E-state index in [0.29, 0.717) is 39.6 Å². The Morgan fingerprint density at radius 2 is 1.80 bits per heavy atom. The van der Waals surface area contributed by atoms with Crippen LogP contribution in [0.1, 0.15) is 21.5 Å². The number of anilines is 1. The summed E-state index contributed by atoms with van der Waals surface area (Å²) in [6.07, 6.45) is 0. The largest absolute Gasteiger partial charge is 0.493 e. The topological polar surface area (TPSA) is 114 Å². The number of hydrogen-bond donors (Lipinski definition) is 1. The van der Waals surface area contributed by atoms with Gasteiger partial charge in [0.15, 0.2) is 11.5 Å². The summed E-state index contributed by atoms with van der Waals surface area (Å²) >= 11 is 0. The number of methoxy groups -OCH3 is 1. The molecule has 0 unspecified atom stereocenters. The highest BCUT2D eigenvalue weighted by Crippen LogP contribution is 2.32. The standard InChI is InChI=1S/C22H17N3O5/c1-14-11-16(4-9-19(14)25(27)28)22(26)24-17-5-7-18(8-6-17)30-20-10-3-15(13-23)12-21(20)29-2/h3-12H,1-2H3,(H,24,26). The number of hydrogen-bond acceptors (Lipinski definition) is 6. The minimum Gasteiger partial charge on any atom is -0.493 e. The highest BCUT2D eigenvalue weighted by molar-refractivity contribution is 6.04. The molecule has 0 atom stereocenters. The number of carbonyl (C=O) groups is 1. The fraction of sp³-hybridized carbons (Fsp3) is 0.0909. The average molecular weight is 403 g/mol. The van der Waals surface area contributed by atoms with Gasteiger partial charge in [0.25, 0.3) is 11.6 Å². The van der Waals surface area contributed by atoms with Crippen LogP contribution in [0, 0.1) is 28.4 Å². The molecule has 0 aliphatic carbocycles. The second kappa shape index (κ2) is 8.75. The smallest absolute Gasteiger partial charge is 0.272 e. The molecule has 1 amide bonds. The van der Waals surface area contributed by atoms with E-state index in [1.165, 1.54) is 25.3 Å². The fourth-order valence-corrected chi connectivity index (χ4v) is 2.76. The number of nitro benzene ring substituents is 1. The maximum Gasteiger partial charge on any atom is 0.272 e. The number of nitriles is 1. The molecule has 30 heavy (non-hydrogen) atoms. The zero-order valence-electron chi connectivity index (χ0n) is 16.2. The zero-order chi connectivity index (χ0) is 21.7. The van der Waals surface area contributed by atoms with Crippen molar-refractivity contribution in [3.8, 4) is 23.3 Å². The molecule has 0 aliphatic heterocycles. The maximum absolute atomic E-state index is 12.4. The zero-order valence-corrected chi connectivity index (χ0v) is 16.2. The number of rotatable bonds is 6. The molecular weight excluding hydrogens is 386 g/mol. The molecule has 3 aromatic carbocycles. The van der Waals surface area contributed by atoms with Crippen LogP contribution in [-0.4, -0.2) is 17.9 Å². The van der Waals surface area contributed by atoms with Crippen LogP contribution in [0.5, 0.6) is 17.2 Å². The molecule has 150 valence electrons. The molecule has 0 radical (unpaired) electrons. The summed E-state index contributed by atoms with van der Waals surface area (Å²) in [5, 5.41) is 22.6. The Morgan fingerprint density at radius 1 is 1.07 bits per heavy atom. The van der Waals surface area contributed by atoms with Gasteiger partial charge in [0.05, 0.1) is 23.7 Å². The van der Waals surface area contributed by atoms with Gasteiger partial charge < -0.3 is 14.8 Å².